The van der Waals surface area contributed by atoms with E-state index in [0.717, 1.165) is 18.7 Å². The van der Waals surface area contributed by atoms with Gasteiger partial charge in [-0.2, -0.15) is 0 Å². The molecule has 0 fully saturated rings. The third-order valence-corrected chi connectivity index (χ3v) is 3.57. The molecule has 1 aromatic rings. The minimum atomic E-state index is 0.332. The maximum absolute atomic E-state index is 5.42. The average molecular weight is 273 g/mol. The molecule has 3 N–H and O–H groups in total. The molecule has 1 aliphatic rings. The molecule has 0 amide bonds. The van der Waals surface area contributed by atoms with Gasteiger partial charge in [-0.25, -0.2) is 0 Å². The van der Waals surface area contributed by atoms with Crippen molar-refractivity contribution in [1.82, 2.24) is 10.3 Å². The van der Waals surface area contributed by atoms with Crippen LogP contribution in [0.1, 0.15) is 12.0 Å². The number of benzene rings is 1. The van der Waals surface area contributed by atoms with Crippen molar-refractivity contribution in [3.05, 3.63) is 59.4 Å². The molecule has 108 valence electrons. The average Bonchev–Trinajstić information content (AvgIpc) is 2.48. The fraction of sp³-hybridized carbons (Fsp3) is 0.375. The number of nitrogens with zero attached hydrogens (tertiary/aromatic N) is 1. The van der Waals surface area contributed by atoms with Crippen LogP contribution in [-0.2, 0) is 11.3 Å². The zero-order valence-corrected chi connectivity index (χ0v) is 12.2. The van der Waals surface area contributed by atoms with Crippen LogP contribution in [0.5, 0.6) is 0 Å². The predicted octanol–water partition coefficient (Wildman–Crippen LogP) is 1.81. The number of methoxy groups -OCH3 is 1. The van der Waals surface area contributed by atoms with E-state index in [0.29, 0.717) is 12.6 Å². The molecule has 1 unspecified atom stereocenters. The van der Waals surface area contributed by atoms with Gasteiger partial charge in [0.1, 0.15) is 0 Å². The van der Waals surface area contributed by atoms with Gasteiger partial charge in [-0.1, -0.05) is 36.4 Å². The maximum Gasteiger partial charge on any atom is 0.0977 e. The molecule has 0 spiro atoms. The molecule has 0 heterocycles. The fourth-order valence-electron chi connectivity index (χ4n) is 2.47. The van der Waals surface area contributed by atoms with E-state index in [9.17, 15) is 0 Å². The minimum absolute atomic E-state index is 0.332. The Morgan fingerprint density at radius 1 is 1.35 bits per heavy atom. The van der Waals surface area contributed by atoms with Gasteiger partial charge in [-0.15, -0.1) is 0 Å². The van der Waals surface area contributed by atoms with Crippen molar-refractivity contribution in [3.8, 4) is 0 Å². The molecule has 2 rings (SSSR count). The van der Waals surface area contributed by atoms with Gasteiger partial charge in [-0.05, 0) is 24.3 Å². The third-order valence-electron chi connectivity index (χ3n) is 3.57. The summed E-state index contributed by atoms with van der Waals surface area (Å²) in [5.74, 6) is 6.42. The number of ether oxygens (including phenoxy) is 1. The standard InChI is InChI=1S/C16H23N3O/c1-19(12-13-6-4-3-5-7-13)15-8-14(11-18-17)9-16(10-15)20-2/h3-9,15,18H,10-12,17H2,1-2H3. The molecule has 20 heavy (non-hydrogen) atoms. The van der Waals surface area contributed by atoms with Gasteiger partial charge in [0.15, 0.2) is 0 Å². The lowest BCUT2D eigenvalue weighted by atomic mass is 9.99. The summed E-state index contributed by atoms with van der Waals surface area (Å²) in [6.07, 6.45) is 5.21. The van der Waals surface area contributed by atoms with Gasteiger partial charge >= 0.3 is 0 Å². The molecule has 4 nitrogen and oxygen atoms in total. The summed E-state index contributed by atoms with van der Waals surface area (Å²) < 4.78 is 5.42. The molecule has 0 radical (unpaired) electrons. The van der Waals surface area contributed by atoms with E-state index in [4.69, 9.17) is 10.6 Å². The number of rotatable bonds is 6. The molecular weight excluding hydrogens is 250 g/mol. The number of hydrogen-bond donors (Lipinski definition) is 2. The van der Waals surface area contributed by atoms with Crippen LogP contribution in [0.15, 0.2) is 53.8 Å². The summed E-state index contributed by atoms with van der Waals surface area (Å²) in [6.45, 7) is 1.57. The molecule has 1 aromatic carbocycles. The van der Waals surface area contributed by atoms with Gasteiger partial charge < -0.3 is 4.74 Å². The smallest absolute Gasteiger partial charge is 0.0977 e. The summed E-state index contributed by atoms with van der Waals surface area (Å²) in [4.78, 5) is 2.33. The van der Waals surface area contributed by atoms with Crippen molar-refractivity contribution in [2.45, 2.75) is 19.0 Å². The zero-order chi connectivity index (χ0) is 14.4. The summed E-state index contributed by atoms with van der Waals surface area (Å²) in [7, 11) is 3.86. The molecule has 0 saturated heterocycles. The van der Waals surface area contributed by atoms with Crippen molar-refractivity contribution in [2.24, 2.45) is 5.84 Å². The molecule has 1 atom stereocenters. The van der Waals surface area contributed by atoms with Gasteiger partial charge in [0.05, 0.1) is 12.9 Å². The third kappa shape index (κ3) is 3.93. The second-order valence-corrected chi connectivity index (χ2v) is 5.11. The van der Waals surface area contributed by atoms with Crippen LogP contribution in [0.2, 0.25) is 0 Å². The van der Waals surface area contributed by atoms with E-state index < -0.39 is 0 Å². The highest BCUT2D eigenvalue weighted by Crippen LogP contribution is 2.22. The quantitative estimate of drug-likeness (QED) is 0.613. The van der Waals surface area contributed by atoms with E-state index in [-0.39, 0.29) is 0 Å². The van der Waals surface area contributed by atoms with Crippen LogP contribution in [-0.4, -0.2) is 31.6 Å². The molecule has 0 saturated carbocycles. The van der Waals surface area contributed by atoms with Gasteiger partial charge in [0.2, 0.25) is 0 Å². The van der Waals surface area contributed by atoms with Gasteiger partial charge in [-0.3, -0.25) is 16.2 Å². The van der Waals surface area contributed by atoms with Crippen LogP contribution in [0.3, 0.4) is 0 Å². The van der Waals surface area contributed by atoms with Crippen molar-refractivity contribution < 1.29 is 4.74 Å². The molecule has 0 bridgehead atoms. The van der Waals surface area contributed by atoms with Crippen molar-refractivity contribution in [1.29, 1.82) is 0 Å². The topological polar surface area (TPSA) is 50.5 Å². The number of hydrogen-bond acceptors (Lipinski definition) is 4. The highest BCUT2D eigenvalue weighted by molar-refractivity contribution is 5.30. The lowest BCUT2D eigenvalue weighted by Crippen LogP contribution is -2.33. The molecule has 0 aromatic heterocycles. The van der Waals surface area contributed by atoms with Gasteiger partial charge in [0, 0.05) is 25.6 Å². The number of hydrazine groups is 1. The maximum atomic E-state index is 5.42. The summed E-state index contributed by atoms with van der Waals surface area (Å²) in [6, 6.07) is 10.8. The summed E-state index contributed by atoms with van der Waals surface area (Å²) in [5.41, 5.74) is 5.19. The van der Waals surface area contributed by atoms with Crippen LogP contribution in [0.25, 0.3) is 0 Å². The van der Waals surface area contributed by atoms with E-state index in [2.05, 4.69) is 53.8 Å². The zero-order valence-electron chi connectivity index (χ0n) is 12.2. The lowest BCUT2D eigenvalue weighted by Gasteiger charge is -2.29. The predicted molar refractivity (Wildman–Crippen MR) is 81.7 cm³/mol. The normalized spacial score (nSPS) is 18.7. The monoisotopic (exact) mass is 273 g/mol. The first-order chi connectivity index (χ1) is 9.72. The SMILES string of the molecule is COC1=CC(CNN)=CC(N(C)Cc2ccccc2)C1. The summed E-state index contributed by atoms with van der Waals surface area (Å²) >= 11 is 0. The van der Waals surface area contributed by atoms with E-state index >= 15 is 0 Å². The minimum Gasteiger partial charge on any atom is -0.501 e. The molecule has 0 aliphatic heterocycles. The Hall–Kier alpha value is -1.62. The molecule has 1 aliphatic carbocycles. The first-order valence-electron chi connectivity index (χ1n) is 6.86. The second kappa shape index (κ2) is 7.24. The van der Waals surface area contributed by atoms with Crippen molar-refractivity contribution >= 4 is 0 Å². The fourth-order valence-corrected chi connectivity index (χ4v) is 2.47. The van der Waals surface area contributed by atoms with Gasteiger partial charge in [0.25, 0.3) is 0 Å². The van der Waals surface area contributed by atoms with Crippen LogP contribution in [0, 0.1) is 0 Å². The van der Waals surface area contributed by atoms with Crippen molar-refractivity contribution in [2.75, 3.05) is 20.7 Å². The number of nitrogens with two attached hydrogens (primary N) is 1. The van der Waals surface area contributed by atoms with Crippen LogP contribution in [0.4, 0.5) is 0 Å². The molecular formula is C16H23N3O. The second-order valence-electron chi connectivity index (χ2n) is 5.11. The van der Waals surface area contributed by atoms with Crippen LogP contribution >= 0.6 is 0 Å². The lowest BCUT2D eigenvalue weighted by molar-refractivity contribution is 0.215. The van der Waals surface area contributed by atoms with E-state index in [1.807, 2.05) is 6.07 Å². The highest BCUT2D eigenvalue weighted by atomic mass is 16.5. The number of nitrogens with one attached hydrogen (secondary N) is 1. The Morgan fingerprint density at radius 3 is 2.75 bits per heavy atom. The summed E-state index contributed by atoms with van der Waals surface area (Å²) in [5, 5.41) is 0. The Balaban J connectivity index is 2.05. The highest BCUT2D eigenvalue weighted by Gasteiger charge is 2.19. The molecule has 4 heteroatoms. The first-order valence-corrected chi connectivity index (χ1v) is 6.86. The number of likely N-dealkylation sites (N-methyl/N-ethyl adjacent to an activating group) is 1. The van der Waals surface area contributed by atoms with Crippen LogP contribution < -0.4 is 11.3 Å². The first kappa shape index (κ1) is 14.8. The van der Waals surface area contributed by atoms with E-state index in [1.54, 1.807) is 7.11 Å². The Morgan fingerprint density at radius 2 is 2.10 bits per heavy atom. The van der Waals surface area contributed by atoms with Crippen molar-refractivity contribution in [3.63, 3.8) is 0 Å². The Kier molecular flexibility index (Phi) is 5.35. The Labute approximate surface area is 120 Å². The Bertz CT molecular complexity index is 482. The van der Waals surface area contributed by atoms with E-state index in [1.165, 1.54) is 11.1 Å². The largest absolute Gasteiger partial charge is 0.501 e.